The number of ether oxygens (including phenoxy) is 5. The van der Waals surface area contributed by atoms with Gasteiger partial charge in [0.2, 0.25) is 0 Å². The lowest BCUT2D eigenvalue weighted by molar-refractivity contribution is -0.275. The van der Waals surface area contributed by atoms with Crippen molar-refractivity contribution in [1.29, 1.82) is 0 Å². The van der Waals surface area contributed by atoms with E-state index in [1.165, 1.54) is 24.8 Å². The van der Waals surface area contributed by atoms with Gasteiger partial charge >= 0.3 is 36.2 Å². The van der Waals surface area contributed by atoms with Crippen molar-refractivity contribution in [3.05, 3.63) is 71.3 Å². The lowest BCUT2D eigenvalue weighted by atomic mass is 10.2. The van der Waals surface area contributed by atoms with Gasteiger partial charge in [-0.05, 0) is 48.2 Å². The molecule has 0 saturated heterocycles. The Kier molecular flexibility index (Phi) is 23.2. The molecular weight excluding hydrogens is 897 g/mol. The van der Waals surface area contributed by atoms with Crippen LogP contribution >= 0.6 is 34.8 Å². The molecule has 0 atom stereocenters. The van der Waals surface area contributed by atoms with Crippen LogP contribution in [0.2, 0.25) is 10.0 Å². The van der Waals surface area contributed by atoms with Crippen molar-refractivity contribution >= 4 is 70.7 Å². The van der Waals surface area contributed by atoms with Crippen LogP contribution in [0.15, 0.2) is 61.2 Å². The van der Waals surface area contributed by atoms with Gasteiger partial charge in [0.05, 0.1) is 13.2 Å². The first-order chi connectivity index (χ1) is 27.4. The number of benzene rings is 2. The van der Waals surface area contributed by atoms with Crippen LogP contribution in [0.3, 0.4) is 0 Å². The molecule has 2 heterocycles. The van der Waals surface area contributed by atoms with Crippen molar-refractivity contribution in [1.82, 2.24) is 29.5 Å². The van der Waals surface area contributed by atoms with E-state index >= 15 is 0 Å². The fourth-order valence-electron chi connectivity index (χ4n) is 3.62. The van der Waals surface area contributed by atoms with E-state index in [0.29, 0.717) is 12.5 Å². The Morgan fingerprint density at radius 3 is 1.48 bits per heavy atom. The monoisotopic (exact) mass is 934 g/mol. The first kappa shape index (κ1) is 55.1. The van der Waals surface area contributed by atoms with Gasteiger partial charge in [-0.25, -0.2) is 38.5 Å². The molecule has 0 spiro atoms. The predicted molar refractivity (Wildman–Crippen MR) is 210 cm³/mol. The van der Waals surface area contributed by atoms with Crippen molar-refractivity contribution in [2.45, 2.75) is 55.3 Å². The van der Waals surface area contributed by atoms with Crippen molar-refractivity contribution in [3.8, 4) is 34.3 Å². The number of rotatable bonds is 12. The number of alkyl halides is 6. The highest BCUT2D eigenvalue weighted by Gasteiger charge is 2.32. The zero-order valence-electron chi connectivity index (χ0n) is 30.7. The summed E-state index contributed by atoms with van der Waals surface area (Å²) in [7, 11) is 0. The van der Waals surface area contributed by atoms with Gasteiger partial charge in [-0.15, -0.1) is 36.5 Å². The van der Waals surface area contributed by atoms with Crippen LogP contribution in [0.5, 0.6) is 11.5 Å². The van der Waals surface area contributed by atoms with E-state index in [1.54, 1.807) is 0 Å². The molecule has 0 fully saturated rings. The fraction of sp³-hybridized carbons (Fsp3) is 0.333. The first-order valence-electron chi connectivity index (χ1n) is 16.1. The first-order valence-corrected chi connectivity index (χ1v) is 17.3. The van der Waals surface area contributed by atoms with E-state index in [9.17, 15) is 45.5 Å². The molecule has 0 bridgehead atoms. The Balaban J connectivity index is 0.000000996. The fourth-order valence-corrected chi connectivity index (χ4v) is 4.13. The highest BCUT2D eigenvalue weighted by molar-refractivity contribution is 6.61. The minimum Gasteiger partial charge on any atom is -0.478 e. The molecule has 0 amide bonds. The van der Waals surface area contributed by atoms with Crippen LogP contribution < -0.4 is 9.47 Å². The number of hydrogen-bond donors (Lipinski definition) is 1. The largest absolute Gasteiger partial charge is 0.573 e. The number of aromatic nitrogens is 6. The number of esters is 1. The molecule has 0 unspecified atom stereocenters. The smallest absolute Gasteiger partial charge is 0.478 e. The van der Waals surface area contributed by atoms with Crippen LogP contribution in [0.4, 0.5) is 35.9 Å². The Labute approximate surface area is 359 Å². The molecule has 0 aliphatic carbocycles. The average Bonchev–Trinajstić information content (AvgIpc) is 3.77. The minimum atomic E-state index is -4.88. The molecule has 4 rings (SSSR count). The standard InChI is InChI=1S/C17H15ClF3N3O5.C12H7ClF3N3O3.C5H9ClO2.2CH4/c1-10(2)8-27-16(26)28-14(25)3-4-24-9-22-15(23-24)11-5-12(18)7-13(6-11)29-17(19,20)21;13-8-3-7(4-9(5-8)22-12(14,15)16)11-17-6-19(18-11)2-1-10(20)21;1-4(2)3-8-5(6)7;;/h3-7,9-10H,8H2,1-2H3;1-6H,(H,20,21);4H,3H2,1-2H3;2*1H4/b4-3-;2-1-;;;. The summed E-state index contributed by atoms with van der Waals surface area (Å²) in [6.07, 6.45) is -4.51. The van der Waals surface area contributed by atoms with Gasteiger partial charge in [0.15, 0.2) is 11.6 Å². The number of carboxylic acid groups (broad SMARTS) is 1. The van der Waals surface area contributed by atoms with Crippen molar-refractivity contribution in [2.75, 3.05) is 13.2 Å². The molecule has 1 N–H and O–H groups in total. The number of hydrogen-bond acceptors (Lipinski definition) is 13. The molecule has 2 aromatic heterocycles. The maximum atomic E-state index is 12.4. The van der Waals surface area contributed by atoms with E-state index in [0.717, 1.165) is 58.2 Å². The lowest BCUT2D eigenvalue weighted by Crippen LogP contribution is -2.17. The SMILES string of the molecule is C.C.CC(C)COC(=O)Cl.CC(C)COC(=O)OC(=O)/C=C\n1cnc(-c2cc(Cl)cc(OC(F)(F)F)c2)n1.O=C(O)/C=C\n1cnc(-c2cc(Cl)cc(OC(F)(F)F)c2)n1. The summed E-state index contributed by atoms with van der Waals surface area (Å²) in [5.74, 6) is -2.70. The number of carbonyl (C=O) groups is 4. The summed E-state index contributed by atoms with van der Waals surface area (Å²) in [5, 5.41) is 16.3. The minimum absolute atomic E-state index is 0. The normalized spacial score (nSPS) is 11.1. The number of nitrogens with zero attached hydrogens (tertiary/aromatic N) is 6. The summed E-state index contributed by atoms with van der Waals surface area (Å²) >= 11 is 16.4. The van der Waals surface area contributed by atoms with Gasteiger partial charge in [0.1, 0.15) is 24.2 Å². The van der Waals surface area contributed by atoms with E-state index in [2.05, 4.69) is 43.8 Å². The van der Waals surface area contributed by atoms with Crippen molar-refractivity contribution in [3.63, 3.8) is 0 Å². The van der Waals surface area contributed by atoms with Gasteiger partial charge in [-0.3, -0.25) is 0 Å². The van der Waals surface area contributed by atoms with E-state index in [4.69, 9.17) is 39.9 Å². The molecule has 25 heteroatoms. The molecule has 336 valence electrons. The second-order valence-electron chi connectivity index (χ2n) is 11.8. The summed E-state index contributed by atoms with van der Waals surface area (Å²) < 4.78 is 97.1. The topological polar surface area (TPSA) is 196 Å². The third kappa shape index (κ3) is 24.1. The highest BCUT2D eigenvalue weighted by atomic mass is 35.5. The zero-order chi connectivity index (χ0) is 44.5. The third-order valence-corrected chi connectivity index (χ3v) is 6.27. The van der Waals surface area contributed by atoms with Crippen molar-refractivity contribution in [2.24, 2.45) is 11.8 Å². The lowest BCUT2D eigenvalue weighted by Gasteiger charge is -2.09. The molecule has 2 aromatic carbocycles. The van der Waals surface area contributed by atoms with Crippen LogP contribution in [-0.4, -0.2) is 84.1 Å². The van der Waals surface area contributed by atoms with E-state index < -0.39 is 47.7 Å². The molecule has 0 saturated carbocycles. The number of carbonyl (C=O) groups excluding carboxylic acids is 3. The maximum Gasteiger partial charge on any atom is 0.573 e. The second-order valence-corrected chi connectivity index (χ2v) is 13.0. The van der Waals surface area contributed by atoms with Crippen LogP contribution in [0, 0.1) is 11.8 Å². The molecule has 61 heavy (non-hydrogen) atoms. The second kappa shape index (κ2) is 25.7. The van der Waals surface area contributed by atoms with Gasteiger partial charge < -0.3 is 28.8 Å². The summed E-state index contributed by atoms with van der Waals surface area (Å²) in [6.45, 7) is 8.02. The molecular formula is C36H39Cl3F6N6O10. The number of aliphatic carboxylic acids is 1. The third-order valence-electron chi connectivity index (χ3n) is 5.72. The van der Waals surface area contributed by atoms with Crippen molar-refractivity contribution < 1.29 is 74.3 Å². The van der Waals surface area contributed by atoms with Gasteiger partial charge in [0.25, 0.3) is 0 Å². The molecule has 16 nitrogen and oxygen atoms in total. The van der Waals surface area contributed by atoms with E-state index in [1.807, 2.05) is 27.7 Å². The van der Waals surface area contributed by atoms with Gasteiger partial charge in [0, 0.05) is 57.3 Å². The number of carboxylic acids is 1. The summed E-state index contributed by atoms with van der Waals surface area (Å²) in [6, 6.07) is 6.81. The predicted octanol–water partition coefficient (Wildman–Crippen LogP) is 10.6. The Morgan fingerprint density at radius 2 is 1.11 bits per heavy atom. The van der Waals surface area contributed by atoms with Crippen LogP contribution in [0.25, 0.3) is 35.2 Å². The Bertz CT molecular complexity index is 2110. The molecule has 0 aliphatic rings. The number of halogens is 9. The van der Waals surface area contributed by atoms with Gasteiger partial charge in [-0.2, -0.15) is 0 Å². The quantitative estimate of drug-likeness (QED) is 0.0463. The van der Waals surface area contributed by atoms with Crippen LogP contribution in [-0.2, 0) is 23.8 Å². The van der Waals surface area contributed by atoms with E-state index in [-0.39, 0.29) is 60.2 Å². The summed E-state index contributed by atoms with van der Waals surface area (Å²) in [5.41, 5.74) is -0.378. The molecule has 4 aromatic rings. The van der Waals surface area contributed by atoms with Gasteiger partial charge in [-0.1, -0.05) is 65.8 Å². The Morgan fingerprint density at radius 1 is 0.705 bits per heavy atom. The Hall–Kier alpha value is -5.87. The molecule has 0 aliphatic heterocycles. The summed E-state index contributed by atoms with van der Waals surface area (Å²) in [4.78, 5) is 50.9. The van der Waals surface area contributed by atoms with Crippen LogP contribution in [0.1, 0.15) is 42.5 Å². The zero-order valence-corrected chi connectivity index (χ0v) is 33.0. The highest BCUT2D eigenvalue weighted by Crippen LogP contribution is 2.31. The molecule has 0 radical (unpaired) electrons. The average molecular weight is 936 g/mol. The maximum absolute atomic E-state index is 12.4.